The van der Waals surface area contributed by atoms with Gasteiger partial charge in [-0.15, -0.1) is 0 Å². The number of aromatic nitrogens is 4. The molecule has 3 heterocycles. The lowest BCUT2D eigenvalue weighted by Crippen LogP contribution is -2.02. The molecule has 0 bridgehead atoms. The van der Waals surface area contributed by atoms with Gasteiger partial charge in [-0.25, -0.2) is 9.97 Å². The fraction of sp³-hybridized carbons (Fsp3) is 0.0169. The fourth-order valence-corrected chi connectivity index (χ4v) is 10.2. The van der Waals surface area contributed by atoms with Crippen LogP contribution in [0.15, 0.2) is 218 Å². The van der Waals surface area contributed by atoms with Crippen molar-refractivity contribution in [3.8, 4) is 67.5 Å². The van der Waals surface area contributed by atoms with Gasteiger partial charge in [0.1, 0.15) is 5.82 Å². The van der Waals surface area contributed by atoms with E-state index in [4.69, 9.17) is 9.97 Å². The van der Waals surface area contributed by atoms with Crippen LogP contribution < -0.4 is 0 Å². The molecule has 1 aliphatic carbocycles. The Hall–Kier alpha value is -8.34. The third-order valence-corrected chi connectivity index (χ3v) is 13.0. The minimum atomic E-state index is 0.695. The van der Waals surface area contributed by atoms with E-state index in [0.717, 1.165) is 40.1 Å². The van der Waals surface area contributed by atoms with Gasteiger partial charge in [-0.1, -0.05) is 170 Å². The van der Waals surface area contributed by atoms with Crippen LogP contribution in [-0.4, -0.2) is 19.1 Å². The molecule has 0 unspecified atom stereocenters. The van der Waals surface area contributed by atoms with Gasteiger partial charge in [-0.3, -0.25) is 4.57 Å². The number of rotatable bonds is 6. The molecule has 0 fully saturated rings. The average molecular weight is 803 g/mol. The van der Waals surface area contributed by atoms with E-state index in [-0.39, 0.29) is 0 Å². The van der Waals surface area contributed by atoms with E-state index in [0.29, 0.717) is 5.82 Å². The highest BCUT2D eigenvalue weighted by atomic mass is 15.1. The van der Waals surface area contributed by atoms with E-state index in [2.05, 4.69) is 203 Å². The van der Waals surface area contributed by atoms with Crippen LogP contribution >= 0.6 is 0 Å². The van der Waals surface area contributed by atoms with Gasteiger partial charge in [0.25, 0.3) is 0 Å². The van der Waals surface area contributed by atoms with Crippen LogP contribution in [0.4, 0.5) is 0 Å². The van der Waals surface area contributed by atoms with Crippen molar-refractivity contribution in [2.45, 2.75) is 6.42 Å². The summed E-state index contributed by atoms with van der Waals surface area (Å²) in [5.74, 6) is 1.53. The Morgan fingerprint density at radius 2 is 0.873 bits per heavy atom. The van der Waals surface area contributed by atoms with E-state index in [1.165, 1.54) is 82.8 Å². The molecule has 4 nitrogen and oxygen atoms in total. The largest absolute Gasteiger partial charge is 0.309 e. The average Bonchev–Trinajstić information content (AvgIpc) is 4.02. The smallest absolute Gasteiger partial charge is 0.162 e. The molecule has 0 saturated heterocycles. The van der Waals surface area contributed by atoms with Gasteiger partial charge in [0, 0.05) is 45.2 Å². The SMILES string of the molecule is c1ccc(-c2cc(-c3ccccc3)c3c(c2)-c2cccc(-n4c5ccccc5c5c6c7ccccc7n(-c7cc(-c8ccccc8)nc(-c8ccccc8)n7)c6ccc54)c2C3)cc1. The Morgan fingerprint density at radius 3 is 1.54 bits per heavy atom. The van der Waals surface area contributed by atoms with Crippen LogP contribution in [-0.2, 0) is 6.42 Å². The summed E-state index contributed by atoms with van der Waals surface area (Å²) in [5, 5.41) is 4.87. The van der Waals surface area contributed by atoms with Gasteiger partial charge in [0.15, 0.2) is 5.82 Å². The maximum absolute atomic E-state index is 5.33. The lowest BCUT2D eigenvalue weighted by molar-refractivity contribution is 1.05. The van der Waals surface area contributed by atoms with Crippen LogP contribution in [0.1, 0.15) is 11.1 Å². The highest BCUT2D eigenvalue weighted by Gasteiger charge is 2.28. The molecular weight excluding hydrogens is 765 g/mol. The quantitative estimate of drug-likeness (QED) is 0.168. The number of hydrogen-bond donors (Lipinski definition) is 0. The second-order valence-electron chi connectivity index (χ2n) is 16.5. The van der Waals surface area contributed by atoms with Crippen LogP contribution in [0.5, 0.6) is 0 Å². The predicted octanol–water partition coefficient (Wildman–Crippen LogP) is 14.9. The van der Waals surface area contributed by atoms with Crippen molar-refractivity contribution in [3.05, 3.63) is 230 Å². The summed E-state index contributed by atoms with van der Waals surface area (Å²) in [6, 6.07) is 78.6. The molecule has 12 aromatic rings. The molecule has 0 atom stereocenters. The predicted molar refractivity (Wildman–Crippen MR) is 261 cm³/mol. The van der Waals surface area contributed by atoms with Gasteiger partial charge in [-0.2, -0.15) is 0 Å². The number of nitrogens with zero attached hydrogens (tertiary/aromatic N) is 4. The van der Waals surface area contributed by atoms with E-state index in [9.17, 15) is 0 Å². The zero-order chi connectivity index (χ0) is 41.4. The molecule has 294 valence electrons. The molecule has 4 heteroatoms. The van der Waals surface area contributed by atoms with Gasteiger partial charge in [0.2, 0.25) is 0 Å². The third kappa shape index (κ3) is 5.55. The van der Waals surface area contributed by atoms with E-state index in [1.807, 2.05) is 24.3 Å². The highest BCUT2D eigenvalue weighted by molar-refractivity contribution is 6.29. The van der Waals surface area contributed by atoms with Gasteiger partial charge in [-0.05, 0) is 87.0 Å². The molecule has 0 N–H and O–H groups in total. The molecule has 63 heavy (non-hydrogen) atoms. The zero-order valence-corrected chi connectivity index (χ0v) is 34.3. The summed E-state index contributed by atoms with van der Waals surface area (Å²) in [7, 11) is 0. The number of para-hydroxylation sites is 2. The monoisotopic (exact) mass is 802 g/mol. The first kappa shape index (κ1) is 35.4. The van der Waals surface area contributed by atoms with Crippen molar-refractivity contribution in [1.82, 2.24) is 19.1 Å². The van der Waals surface area contributed by atoms with Gasteiger partial charge in [0.05, 0.1) is 33.4 Å². The first-order chi connectivity index (χ1) is 31.3. The van der Waals surface area contributed by atoms with Crippen molar-refractivity contribution in [2.75, 3.05) is 0 Å². The molecule has 0 radical (unpaired) electrons. The Labute approximate surface area is 364 Å². The minimum absolute atomic E-state index is 0.695. The third-order valence-electron chi connectivity index (χ3n) is 13.0. The fourth-order valence-electron chi connectivity index (χ4n) is 10.2. The van der Waals surface area contributed by atoms with Crippen LogP contribution in [0, 0.1) is 0 Å². The molecule has 0 amide bonds. The summed E-state index contributed by atoms with van der Waals surface area (Å²) >= 11 is 0. The maximum atomic E-state index is 5.33. The summed E-state index contributed by atoms with van der Waals surface area (Å²) in [6.45, 7) is 0. The highest BCUT2D eigenvalue weighted by Crippen LogP contribution is 2.48. The second-order valence-corrected chi connectivity index (χ2v) is 16.5. The molecule has 1 aliphatic rings. The molecule has 13 rings (SSSR count). The lowest BCUT2D eigenvalue weighted by atomic mass is 9.91. The molecular formula is C59H38N4. The van der Waals surface area contributed by atoms with Gasteiger partial charge >= 0.3 is 0 Å². The van der Waals surface area contributed by atoms with Crippen molar-refractivity contribution in [2.24, 2.45) is 0 Å². The van der Waals surface area contributed by atoms with E-state index in [1.54, 1.807) is 0 Å². The minimum Gasteiger partial charge on any atom is -0.309 e. The Kier molecular flexibility index (Phi) is 7.94. The summed E-state index contributed by atoms with van der Waals surface area (Å²) < 4.78 is 4.86. The first-order valence-corrected chi connectivity index (χ1v) is 21.6. The summed E-state index contributed by atoms with van der Waals surface area (Å²) in [5.41, 5.74) is 19.0. The van der Waals surface area contributed by atoms with Crippen molar-refractivity contribution in [3.63, 3.8) is 0 Å². The van der Waals surface area contributed by atoms with Crippen LogP contribution in [0.2, 0.25) is 0 Å². The van der Waals surface area contributed by atoms with Gasteiger partial charge < -0.3 is 4.57 Å². The first-order valence-electron chi connectivity index (χ1n) is 21.6. The van der Waals surface area contributed by atoms with E-state index < -0.39 is 0 Å². The molecule has 0 aliphatic heterocycles. The standard InChI is InChI=1S/C59H38N4/c1-5-18-38(19-6-1)42-34-46(39-20-7-2-8-21-39)48-36-49-43(47(48)35-42)28-17-31-53(49)62-51-29-15-13-26-44(51)57-54(62)32-33-55-58(57)45-27-14-16-30-52(45)63(55)56-37-50(40-22-9-3-10-23-40)60-59(61-56)41-24-11-4-12-25-41/h1-35,37H,36H2. The molecule has 0 spiro atoms. The van der Waals surface area contributed by atoms with E-state index >= 15 is 0 Å². The topological polar surface area (TPSA) is 35.6 Å². The second kappa shape index (κ2) is 14.1. The molecule has 0 saturated carbocycles. The van der Waals surface area contributed by atoms with Crippen molar-refractivity contribution in [1.29, 1.82) is 0 Å². The van der Waals surface area contributed by atoms with Crippen LogP contribution in [0.25, 0.3) is 111 Å². The number of fused-ring (bicyclic) bond motifs is 10. The van der Waals surface area contributed by atoms with Crippen molar-refractivity contribution < 1.29 is 0 Å². The van der Waals surface area contributed by atoms with Crippen molar-refractivity contribution >= 4 is 43.6 Å². The Bertz CT molecular complexity index is 3680. The summed E-state index contributed by atoms with van der Waals surface area (Å²) in [6.07, 6.45) is 0.844. The normalized spacial score (nSPS) is 12.1. The Balaban J connectivity index is 1.06. The number of benzene rings is 9. The van der Waals surface area contributed by atoms with Crippen LogP contribution in [0.3, 0.4) is 0 Å². The zero-order valence-electron chi connectivity index (χ0n) is 34.3. The molecule has 9 aromatic carbocycles. The maximum Gasteiger partial charge on any atom is 0.162 e. The summed E-state index contributed by atoms with van der Waals surface area (Å²) in [4.78, 5) is 10.5. The number of hydrogen-bond acceptors (Lipinski definition) is 2. The molecule has 3 aromatic heterocycles. The Morgan fingerprint density at radius 1 is 0.333 bits per heavy atom. The lowest BCUT2D eigenvalue weighted by Gasteiger charge is -2.14.